The maximum Gasteiger partial charge on any atom is 0.246 e. The summed E-state index contributed by atoms with van der Waals surface area (Å²) in [6.45, 7) is 4.64. The predicted molar refractivity (Wildman–Crippen MR) is 110 cm³/mol. The summed E-state index contributed by atoms with van der Waals surface area (Å²) in [5.41, 5.74) is 2.72. The molecule has 2 aromatic rings. The highest BCUT2D eigenvalue weighted by atomic mass is 32.2. The standard InChI is InChI=1S/C21H24N2O4S/c1-3-27-18-10-8-17(9-11-18)23-20-14-28(25,26)13-19(20)22(12-21(23)24)16-6-4-15(2)5-7-16/h4-11,19-20H,3,12-14H2,1-2H3/t19-,20+/m0/s1. The van der Waals surface area contributed by atoms with Gasteiger partial charge >= 0.3 is 0 Å². The van der Waals surface area contributed by atoms with Crippen molar-refractivity contribution in [2.24, 2.45) is 0 Å². The molecule has 0 aliphatic carbocycles. The molecular formula is C21H24N2O4S. The third kappa shape index (κ3) is 3.46. The van der Waals surface area contributed by atoms with Crippen LogP contribution in [0.25, 0.3) is 0 Å². The first kappa shape index (κ1) is 18.8. The van der Waals surface area contributed by atoms with Gasteiger partial charge in [0.05, 0.1) is 36.7 Å². The first-order valence-corrected chi connectivity index (χ1v) is 11.3. The van der Waals surface area contributed by atoms with Crippen molar-refractivity contribution >= 4 is 27.1 Å². The number of carbonyl (C=O) groups excluding carboxylic acids is 1. The van der Waals surface area contributed by atoms with Crippen LogP contribution in [0.2, 0.25) is 0 Å². The second-order valence-electron chi connectivity index (χ2n) is 7.37. The number of piperazine rings is 1. The highest BCUT2D eigenvalue weighted by Crippen LogP contribution is 2.35. The first-order chi connectivity index (χ1) is 13.4. The average Bonchev–Trinajstić information content (AvgIpc) is 2.98. The van der Waals surface area contributed by atoms with Gasteiger partial charge in [-0.2, -0.15) is 0 Å². The van der Waals surface area contributed by atoms with E-state index >= 15 is 0 Å². The summed E-state index contributed by atoms with van der Waals surface area (Å²) in [5, 5.41) is 0. The van der Waals surface area contributed by atoms with Crippen molar-refractivity contribution in [1.82, 2.24) is 0 Å². The smallest absolute Gasteiger partial charge is 0.246 e. The average molecular weight is 401 g/mol. The number of nitrogens with zero attached hydrogens (tertiary/aromatic N) is 2. The quantitative estimate of drug-likeness (QED) is 0.789. The molecule has 7 heteroatoms. The molecule has 0 spiro atoms. The van der Waals surface area contributed by atoms with Crippen LogP contribution in [-0.2, 0) is 14.6 Å². The van der Waals surface area contributed by atoms with Gasteiger partial charge < -0.3 is 14.5 Å². The Balaban J connectivity index is 1.69. The van der Waals surface area contributed by atoms with Crippen molar-refractivity contribution in [2.45, 2.75) is 25.9 Å². The second-order valence-corrected chi connectivity index (χ2v) is 9.52. The summed E-state index contributed by atoms with van der Waals surface area (Å²) in [4.78, 5) is 16.7. The molecular weight excluding hydrogens is 376 g/mol. The van der Waals surface area contributed by atoms with Gasteiger partial charge in [-0.05, 0) is 50.2 Å². The van der Waals surface area contributed by atoms with E-state index in [2.05, 4.69) is 0 Å². The van der Waals surface area contributed by atoms with E-state index in [1.54, 1.807) is 4.90 Å². The third-order valence-electron chi connectivity index (χ3n) is 5.39. The minimum atomic E-state index is -3.22. The van der Waals surface area contributed by atoms with Crippen LogP contribution in [0.15, 0.2) is 48.5 Å². The Kier molecular flexibility index (Phi) is 4.79. The van der Waals surface area contributed by atoms with Gasteiger partial charge in [-0.3, -0.25) is 4.79 Å². The number of carbonyl (C=O) groups is 1. The number of aryl methyl sites for hydroxylation is 1. The summed E-state index contributed by atoms with van der Waals surface area (Å²) in [6, 6.07) is 14.5. The van der Waals surface area contributed by atoms with Crippen LogP contribution in [0, 0.1) is 6.92 Å². The fourth-order valence-electron chi connectivity index (χ4n) is 4.10. The second kappa shape index (κ2) is 7.13. The molecule has 2 fully saturated rings. The van der Waals surface area contributed by atoms with Crippen molar-refractivity contribution in [1.29, 1.82) is 0 Å². The number of benzene rings is 2. The van der Waals surface area contributed by atoms with E-state index in [0.29, 0.717) is 12.3 Å². The maximum absolute atomic E-state index is 13.1. The number of hydrogen-bond acceptors (Lipinski definition) is 5. The summed E-state index contributed by atoms with van der Waals surface area (Å²) < 4.78 is 30.4. The summed E-state index contributed by atoms with van der Waals surface area (Å²) in [7, 11) is -3.22. The van der Waals surface area contributed by atoms with Crippen molar-refractivity contribution in [3.05, 3.63) is 54.1 Å². The Bertz CT molecular complexity index is 970. The molecule has 6 nitrogen and oxygen atoms in total. The molecule has 148 valence electrons. The number of ether oxygens (including phenoxy) is 1. The van der Waals surface area contributed by atoms with Crippen LogP contribution >= 0.6 is 0 Å². The maximum atomic E-state index is 13.1. The summed E-state index contributed by atoms with van der Waals surface area (Å²) >= 11 is 0. The van der Waals surface area contributed by atoms with Gasteiger partial charge in [-0.15, -0.1) is 0 Å². The van der Waals surface area contributed by atoms with Crippen LogP contribution in [-0.4, -0.2) is 51.1 Å². The topological polar surface area (TPSA) is 66.9 Å². The van der Waals surface area contributed by atoms with E-state index < -0.39 is 15.9 Å². The van der Waals surface area contributed by atoms with Gasteiger partial charge in [0.25, 0.3) is 0 Å². The van der Waals surface area contributed by atoms with Gasteiger partial charge in [0.15, 0.2) is 9.84 Å². The minimum absolute atomic E-state index is 0.0149. The van der Waals surface area contributed by atoms with Crippen molar-refractivity contribution in [3.63, 3.8) is 0 Å². The zero-order valence-corrected chi connectivity index (χ0v) is 16.9. The fraction of sp³-hybridized carbons (Fsp3) is 0.381. The van der Waals surface area contributed by atoms with Gasteiger partial charge in [-0.1, -0.05) is 17.7 Å². The van der Waals surface area contributed by atoms with E-state index in [9.17, 15) is 13.2 Å². The molecule has 2 atom stereocenters. The molecule has 1 amide bonds. The monoisotopic (exact) mass is 400 g/mol. The largest absolute Gasteiger partial charge is 0.494 e. The first-order valence-electron chi connectivity index (χ1n) is 9.46. The molecule has 0 bridgehead atoms. The third-order valence-corrected chi connectivity index (χ3v) is 7.09. The van der Waals surface area contributed by atoms with E-state index in [-0.39, 0.29) is 30.0 Å². The van der Waals surface area contributed by atoms with Crippen molar-refractivity contribution in [2.75, 3.05) is 34.5 Å². The minimum Gasteiger partial charge on any atom is -0.494 e. The molecule has 2 aromatic carbocycles. The van der Waals surface area contributed by atoms with Gasteiger partial charge in [-0.25, -0.2) is 8.42 Å². The van der Waals surface area contributed by atoms with Crippen molar-refractivity contribution in [3.8, 4) is 5.75 Å². The van der Waals surface area contributed by atoms with E-state index in [1.807, 2.05) is 67.3 Å². The zero-order valence-electron chi connectivity index (χ0n) is 16.0. The summed E-state index contributed by atoms with van der Waals surface area (Å²) in [6.07, 6.45) is 0. The number of anilines is 2. The summed E-state index contributed by atoms with van der Waals surface area (Å²) in [5.74, 6) is 0.682. The molecule has 0 radical (unpaired) electrons. The van der Waals surface area contributed by atoms with Crippen LogP contribution in [0.3, 0.4) is 0 Å². The van der Waals surface area contributed by atoms with Crippen LogP contribution in [0.1, 0.15) is 12.5 Å². The predicted octanol–water partition coefficient (Wildman–Crippen LogP) is 2.41. The lowest BCUT2D eigenvalue weighted by molar-refractivity contribution is -0.118. The van der Waals surface area contributed by atoms with E-state index in [0.717, 1.165) is 17.0 Å². The highest BCUT2D eigenvalue weighted by Gasteiger charge is 2.49. The normalized spacial score (nSPS) is 23.6. The zero-order chi connectivity index (χ0) is 19.9. The molecule has 2 saturated heterocycles. The number of rotatable bonds is 4. The molecule has 2 aliphatic heterocycles. The molecule has 0 unspecified atom stereocenters. The van der Waals surface area contributed by atoms with Crippen LogP contribution in [0.5, 0.6) is 5.75 Å². The van der Waals surface area contributed by atoms with Gasteiger partial charge in [0.2, 0.25) is 5.91 Å². The molecule has 28 heavy (non-hydrogen) atoms. The molecule has 0 N–H and O–H groups in total. The fourth-order valence-corrected chi connectivity index (χ4v) is 6.05. The lowest BCUT2D eigenvalue weighted by Crippen LogP contribution is -2.62. The van der Waals surface area contributed by atoms with Crippen molar-refractivity contribution < 1.29 is 17.9 Å². The Morgan fingerprint density at radius 3 is 2.21 bits per heavy atom. The van der Waals surface area contributed by atoms with Crippen LogP contribution < -0.4 is 14.5 Å². The Morgan fingerprint density at radius 1 is 0.964 bits per heavy atom. The Morgan fingerprint density at radius 2 is 1.57 bits per heavy atom. The molecule has 2 aliphatic rings. The van der Waals surface area contributed by atoms with Gasteiger partial charge in [0.1, 0.15) is 5.75 Å². The molecule has 0 aromatic heterocycles. The molecule has 2 heterocycles. The number of fused-ring (bicyclic) bond motifs is 1. The number of hydrogen-bond donors (Lipinski definition) is 0. The SMILES string of the molecule is CCOc1ccc(N2C(=O)CN(c3ccc(C)cc3)[C@H]3CS(=O)(=O)C[C@H]32)cc1. The molecule has 4 rings (SSSR count). The van der Waals surface area contributed by atoms with Crippen LogP contribution in [0.4, 0.5) is 11.4 Å². The Hall–Kier alpha value is -2.54. The lowest BCUT2D eigenvalue weighted by Gasteiger charge is -2.44. The number of amides is 1. The van der Waals surface area contributed by atoms with Gasteiger partial charge in [0, 0.05) is 11.4 Å². The van der Waals surface area contributed by atoms with E-state index in [4.69, 9.17) is 4.74 Å². The highest BCUT2D eigenvalue weighted by molar-refractivity contribution is 7.91. The van der Waals surface area contributed by atoms with E-state index in [1.165, 1.54) is 0 Å². The molecule has 0 saturated carbocycles. The lowest BCUT2D eigenvalue weighted by atomic mass is 10.0. The number of sulfone groups is 1. The Labute approximate surface area is 165 Å².